The summed E-state index contributed by atoms with van der Waals surface area (Å²) in [5.74, 6) is -0.287. The van der Waals surface area contributed by atoms with Crippen LogP contribution in [0.15, 0.2) is 48.2 Å². The first-order chi connectivity index (χ1) is 11.6. The van der Waals surface area contributed by atoms with Crippen LogP contribution in [0.2, 0.25) is 0 Å². The Morgan fingerprint density at radius 3 is 2.62 bits per heavy atom. The number of benzene rings is 1. The van der Waals surface area contributed by atoms with Crippen molar-refractivity contribution in [2.75, 3.05) is 7.05 Å². The number of aromatic nitrogens is 2. The number of nitrogens with zero attached hydrogens (tertiary/aromatic N) is 4. The maximum absolute atomic E-state index is 12.8. The van der Waals surface area contributed by atoms with Crippen LogP contribution in [0, 0.1) is 11.3 Å². The quantitative estimate of drug-likeness (QED) is 0.605. The Hall–Kier alpha value is -2.87. The summed E-state index contributed by atoms with van der Waals surface area (Å²) in [5.41, 5.74) is 1.76. The first kappa shape index (κ1) is 17.5. The first-order valence-electron chi connectivity index (χ1n) is 8.00. The number of carbonyl (C=O) groups is 1. The summed E-state index contributed by atoms with van der Waals surface area (Å²) >= 11 is 0. The standard InChI is InChI=1S/C19H22N4O/c1-4-8-18(15-9-6-5-7-10-15)23(3)19(24)16(14-20)13-17-11-12-22(2)21-17/h5-7,9-13,18H,4,8H2,1-3H3/b16-13+. The van der Waals surface area contributed by atoms with Crippen molar-refractivity contribution in [1.29, 1.82) is 5.26 Å². The molecule has 0 radical (unpaired) electrons. The predicted octanol–water partition coefficient (Wildman–Crippen LogP) is 3.33. The van der Waals surface area contributed by atoms with Crippen molar-refractivity contribution in [2.24, 2.45) is 7.05 Å². The molecule has 1 aromatic carbocycles. The van der Waals surface area contributed by atoms with E-state index in [1.807, 2.05) is 36.4 Å². The summed E-state index contributed by atoms with van der Waals surface area (Å²) in [5, 5.41) is 13.6. The summed E-state index contributed by atoms with van der Waals surface area (Å²) < 4.78 is 1.64. The minimum atomic E-state index is -0.287. The van der Waals surface area contributed by atoms with Gasteiger partial charge in [0.15, 0.2) is 0 Å². The highest BCUT2D eigenvalue weighted by atomic mass is 16.2. The van der Waals surface area contributed by atoms with Gasteiger partial charge in [-0.25, -0.2) is 0 Å². The molecule has 0 spiro atoms. The molecule has 1 aromatic heterocycles. The van der Waals surface area contributed by atoms with Crippen LogP contribution in [0.4, 0.5) is 0 Å². The Kier molecular flexibility index (Phi) is 5.91. The van der Waals surface area contributed by atoms with Crippen LogP contribution in [0.1, 0.15) is 37.1 Å². The highest BCUT2D eigenvalue weighted by molar-refractivity contribution is 6.01. The van der Waals surface area contributed by atoms with Gasteiger partial charge in [0.25, 0.3) is 5.91 Å². The Morgan fingerprint density at radius 2 is 2.08 bits per heavy atom. The number of amides is 1. The van der Waals surface area contributed by atoms with Crippen molar-refractivity contribution in [1.82, 2.24) is 14.7 Å². The molecular weight excluding hydrogens is 300 g/mol. The molecule has 0 aliphatic rings. The monoisotopic (exact) mass is 322 g/mol. The zero-order valence-electron chi connectivity index (χ0n) is 14.3. The van der Waals surface area contributed by atoms with Crippen LogP contribution in [0.25, 0.3) is 6.08 Å². The van der Waals surface area contributed by atoms with Crippen LogP contribution >= 0.6 is 0 Å². The van der Waals surface area contributed by atoms with Crippen LogP contribution in [-0.2, 0) is 11.8 Å². The second-order valence-corrected chi connectivity index (χ2v) is 5.72. The number of likely N-dealkylation sites (N-methyl/N-ethyl adjacent to an activating group) is 1. The fourth-order valence-corrected chi connectivity index (χ4v) is 2.66. The summed E-state index contributed by atoms with van der Waals surface area (Å²) in [6, 6.07) is 13.6. The maximum Gasteiger partial charge on any atom is 0.264 e. The molecule has 0 fully saturated rings. The number of carbonyl (C=O) groups excluding carboxylic acids is 1. The molecule has 0 saturated heterocycles. The summed E-state index contributed by atoms with van der Waals surface area (Å²) in [4.78, 5) is 14.4. The predicted molar refractivity (Wildman–Crippen MR) is 93.7 cm³/mol. The Labute approximate surface area is 142 Å². The Balaban J connectivity index is 2.27. The molecule has 1 atom stereocenters. The van der Waals surface area contributed by atoms with E-state index in [0.717, 1.165) is 18.4 Å². The van der Waals surface area contributed by atoms with Gasteiger partial charge in [0, 0.05) is 20.3 Å². The lowest BCUT2D eigenvalue weighted by atomic mass is 10.00. The molecular formula is C19H22N4O. The van der Waals surface area contributed by atoms with Crippen LogP contribution < -0.4 is 0 Å². The minimum Gasteiger partial charge on any atom is -0.334 e. The molecule has 1 amide bonds. The van der Waals surface area contributed by atoms with Crippen molar-refractivity contribution in [3.63, 3.8) is 0 Å². The molecule has 0 aliphatic heterocycles. The van der Waals surface area contributed by atoms with Crippen molar-refractivity contribution in [2.45, 2.75) is 25.8 Å². The average molecular weight is 322 g/mol. The second-order valence-electron chi connectivity index (χ2n) is 5.72. The van der Waals surface area contributed by atoms with Crippen LogP contribution in [-0.4, -0.2) is 27.6 Å². The van der Waals surface area contributed by atoms with E-state index in [0.29, 0.717) is 5.69 Å². The number of hydrogen-bond acceptors (Lipinski definition) is 3. The van der Waals surface area contributed by atoms with Gasteiger partial charge in [0.05, 0.1) is 11.7 Å². The molecule has 5 nitrogen and oxygen atoms in total. The van der Waals surface area contributed by atoms with Crippen molar-refractivity contribution in [3.05, 3.63) is 59.4 Å². The van der Waals surface area contributed by atoms with Gasteiger partial charge < -0.3 is 4.90 Å². The molecule has 0 saturated carbocycles. The SMILES string of the molecule is CCCC(c1ccccc1)N(C)C(=O)/C(C#N)=C/c1ccn(C)n1. The largest absolute Gasteiger partial charge is 0.334 e. The molecule has 2 rings (SSSR count). The lowest BCUT2D eigenvalue weighted by Crippen LogP contribution is -2.32. The van der Waals surface area contributed by atoms with Gasteiger partial charge in [-0.05, 0) is 24.1 Å². The highest BCUT2D eigenvalue weighted by Crippen LogP contribution is 2.26. The van der Waals surface area contributed by atoms with Crippen LogP contribution in [0.5, 0.6) is 0 Å². The third-order valence-electron chi connectivity index (χ3n) is 3.91. The van der Waals surface area contributed by atoms with Gasteiger partial charge in [0.2, 0.25) is 0 Å². The van der Waals surface area contributed by atoms with E-state index in [1.54, 1.807) is 35.9 Å². The molecule has 0 N–H and O–H groups in total. The van der Waals surface area contributed by atoms with Crippen LogP contribution in [0.3, 0.4) is 0 Å². The van der Waals surface area contributed by atoms with Crippen molar-refractivity contribution in [3.8, 4) is 6.07 Å². The van der Waals surface area contributed by atoms with Crippen molar-refractivity contribution >= 4 is 12.0 Å². The fraction of sp³-hybridized carbons (Fsp3) is 0.316. The molecule has 0 aliphatic carbocycles. The minimum absolute atomic E-state index is 0.0517. The highest BCUT2D eigenvalue weighted by Gasteiger charge is 2.23. The van der Waals surface area contributed by atoms with Gasteiger partial charge in [-0.1, -0.05) is 43.7 Å². The third-order valence-corrected chi connectivity index (χ3v) is 3.91. The van der Waals surface area contributed by atoms with E-state index in [-0.39, 0.29) is 17.5 Å². The Morgan fingerprint density at radius 1 is 1.38 bits per heavy atom. The van der Waals surface area contributed by atoms with Gasteiger partial charge in [-0.2, -0.15) is 10.4 Å². The lowest BCUT2D eigenvalue weighted by molar-refractivity contribution is -0.127. The van der Waals surface area contributed by atoms with Gasteiger partial charge in [-0.15, -0.1) is 0 Å². The zero-order valence-corrected chi connectivity index (χ0v) is 14.3. The fourth-order valence-electron chi connectivity index (χ4n) is 2.66. The number of hydrogen-bond donors (Lipinski definition) is 0. The summed E-state index contributed by atoms with van der Waals surface area (Å²) in [6.45, 7) is 2.09. The van der Waals surface area contributed by atoms with E-state index in [9.17, 15) is 10.1 Å². The molecule has 1 heterocycles. The summed E-state index contributed by atoms with van der Waals surface area (Å²) in [7, 11) is 3.54. The maximum atomic E-state index is 12.8. The third kappa shape index (κ3) is 4.11. The van der Waals surface area contributed by atoms with Crippen molar-refractivity contribution < 1.29 is 4.79 Å². The number of rotatable bonds is 6. The average Bonchev–Trinajstić information content (AvgIpc) is 3.02. The lowest BCUT2D eigenvalue weighted by Gasteiger charge is -2.28. The van der Waals surface area contributed by atoms with Gasteiger partial charge in [-0.3, -0.25) is 9.48 Å². The summed E-state index contributed by atoms with van der Waals surface area (Å²) in [6.07, 6.45) is 5.10. The van der Waals surface area contributed by atoms with E-state index >= 15 is 0 Å². The molecule has 124 valence electrons. The molecule has 2 aromatic rings. The van der Waals surface area contributed by atoms with E-state index in [2.05, 4.69) is 12.0 Å². The first-order valence-corrected chi connectivity index (χ1v) is 8.00. The molecule has 1 unspecified atom stereocenters. The zero-order chi connectivity index (χ0) is 17.5. The van der Waals surface area contributed by atoms with E-state index in [1.165, 1.54) is 6.08 Å². The smallest absolute Gasteiger partial charge is 0.264 e. The van der Waals surface area contributed by atoms with E-state index in [4.69, 9.17) is 0 Å². The molecule has 5 heteroatoms. The molecule has 0 bridgehead atoms. The second kappa shape index (κ2) is 8.11. The Bertz CT molecular complexity index is 755. The van der Waals surface area contributed by atoms with E-state index < -0.39 is 0 Å². The normalized spacial score (nSPS) is 12.5. The van der Waals surface area contributed by atoms with Gasteiger partial charge >= 0.3 is 0 Å². The topological polar surface area (TPSA) is 61.9 Å². The number of nitriles is 1. The number of aryl methyl sites for hydroxylation is 1. The molecule has 24 heavy (non-hydrogen) atoms. The van der Waals surface area contributed by atoms with Gasteiger partial charge in [0.1, 0.15) is 11.6 Å².